The molecule has 0 fully saturated rings. The number of carbonyl (C=O) groups excluding carboxylic acids is 1. The molecule has 27 heteroatoms. The smallest absolute Gasteiger partial charge is 0.573 e. The first kappa shape index (κ1) is 43.5. The van der Waals surface area contributed by atoms with E-state index in [2.05, 4.69) is 46.6 Å². The maximum absolute atomic E-state index is 13.4. The van der Waals surface area contributed by atoms with Gasteiger partial charge in [-0.05, 0) is 60.7 Å². The van der Waals surface area contributed by atoms with Gasteiger partial charge in [0.1, 0.15) is 22.3 Å². The minimum atomic E-state index is -5.37. The molecule has 1 aliphatic rings. The largest absolute Gasteiger partial charge is 1.00 e. The maximum Gasteiger partial charge on any atom is 1.00 e. The van der Waals surface area contributed by atoms with Crippen LogP contribution in [0.4, 0.5) is 37.3 Å². The number of hydrogen-bond acceptors (Lipinski definition) is 15. The second-order valence-electron chi connectivity index (χ2n) is 10.7. The van der Waals surface area contributed by atoms with E-state index in [1.165, 1.54) is 48.5 Å². The van der Waals surface area contributed by atoms with Gasteiger partial charge in [0.25, 0.3) is 30.4 Å². The molecule has 0 unspecified atom stereocenters. The number of nitrogens with zero attached hydrogens (tertiary/aromatic N) is 7. The maximum atomic E-state index is 13.4. The number of anilines is 2. The molecule has 21 nitrogen and oxygen atoms in total. The van der Waals surface area contributed by atoms with E-state index < -0.39 is 91.6 Å². The Balaban J connectivity index is 0.00000720. The molecule has 0 atom stereocenters. The predicted octanol–water partition coefficient (Wildman–Crippen LogP) is 4.29. The number of rotatable bonds is 12. The molecule has 4 aromatic rings. The van der Waals surface area contributed by atoms with Crippen LogP contribution >= 0.6 is 0 Å². The van der Waals surface area contributed by atoms with Crippen molar-refractivity contribution in [3.8, 4) is 0 Å². The monoisotopic (exact) mass is 895 g/mol. The Morgan fingerprint density at radius 2 is 1.47 bits per heavy atom. The van der Waals surface area contributed by atoms with Crippen LogP contribution in [0.25, 0.3) is 5.43 Å². The summed E-state index contributed by atoms with van der Waals surface area (Å²) in [5.74, 6) is -4.92. The molecule has 0 radical (unpaired) electrons. The summed E-state index contributed by atoms with van der Waals surface area (Å²) >= 11 is 0. The molecule has 0 saturated heterocycles. The number of azo groups is 1. The van der Waals surface area contributed by atoms with Crippen LogP contribution < -0.4 is 10.7 Å². The Kier molecular flexibility index (Phi) is 13.2. The van der Waals surface area contributed by atoms with Crippen LogP contribution in [0.5, 0.6) is 0 Å². The Labute approximate surface area is 329 Å². The van der Waals surface area contributed by atoms with Gasteiger partial charge >= 0.3 is 29.1 Å². The standard InChI is InChI=1S/C30H21F2N9O12S3.Cu/c31-25-14-26(35-30(32)34-25)33-16-4-6-17(7-5-16)36-37-18-3-1-2-15(10-18)28(40-38-22-11-19(54(45,46)47)8-9-21(22)29(43)44)41-39-23-12-20(55(48,49)50)13-24(27(23)42)56(51,52)53;/h1-14H,(H7,33,34,35,36,37,38,39,40,41,42,43,44,45,46,47,48,49,50,51,52,53);/q;+1/p-1. The molecule has 300 valence electrons. The number of allylic oxidation sites excluding steroid dienone is 3. The fourth-order valence-electron chi connectivity index (χ4n) is 4.33. The summed E-state index contributed by atoms with van der Waals surface area (Å²) in [7, 11) is -15.4. The summed E-state index contributed by atoms with van der Waals surface area (Å²) in [6.07, 6.45) is -0.651. The van der Waals surface area contributed by atoms with Crippen molar-refractivity contribution >= 4 is 82.2 Å². The number of carboxylic acid groups (broad SMARTS) is 1. The van der Waals surface area contributed by atoms with Gasteiger partial charge in [0.2, 0.25) is 11.7 Å². The van der Waals surface area contributed by atoms with Gasteiger partial charge in [0.05, 0.1) is 21.2 Å². The number of aromatic carboxylic acids is 1. The molecule has 3 aromatic carbocycles. The number of ketones is 1. The third kappa shape index (κ3) is 11.4. The molecular formula is C30H20CuF2N9O12S3. The minimum absolute atomic E-state index is 0. The van der Waals surface area contributed by atoms with Gasteiger partial charge in [-0.25, -0.2) is 4.79 Å². The van der Waals surface area contributed by atoms with E-state index in [0.29, 0.717) is 17.8 Å². The number of nitrogens with one attached hydrogen (secondary N) is 2. The van der Waals surface area contributed by atoms with Gasteiger partial charge in [-0.1, -0.05) is 18.2 Å². The van der Waals surface area contributed by atoms with E-state index >= 15 is 0 Å². The summed E-state index contributed by atoms with van der Waals surface area (Å²) in [5.41, 5.74) is 4.44. The van der Waals surface area contributed by atoms with E-state index in [0.717, 1.165) is 18.2 Å². The van der Waals surface area contributed by atoms with Crippen LogP contribution in [0.2, 0.25) is 0 Å². The summed E-state index contributed by atoms with van der Waals surface area (Å²) in [4.78, 5) is 27.6. The van der Waals surface area contributed by atoms with Crippen molar-refractivity contribution in [3.63, 3.8) is 0 Å². The van der Waals surface area contributed by atoms with Gasteiger partial charge in [0, 0.05) is 22.9 Å². The van der Waals surface area contributed by atoms with Crippen molar-refractivity contribution in [1.29, 1.82) is 0 Å². The number of carbonyl (C=O) groups is 2. The van der Waals surface area contributed by atoms with Crippen molar-refractivity contribution in [2.75, 3.05) is 5.32 Å². The van der Waals surface area contributed by atoms with Crippen LogP contribution in [0, 0.1) is 12.0 Å². The van der Waals surface area contributed by atoms with E-state index in [1.54, 1.807) is 0 Å². The topological polar surface area (TPSA) is 331 Å². The molecule has 1 aliphatic carbocycles. The Morgan fingerprint density at radius 1 is 0.789 bits per heavy atom. The van der Waals surface area contributed by atoms with Crippen LogP contribution in [0.1, 0.15) is 15.9 Å². The fourth-order valence-corrected chi connectivity index (χ4v) is 6.05. The van der Waals surface area contributed by atoms with Crippen molar-refractivity contribution in [3.05, 3.63) is 123 Å². The Bertz CT molecular complexity index is 2760. The van der Waals surface area contributed by atoms with Crippen LogP contribution in [0.15, 0.2) is 120 Å². The van der Waals surface area contributed by atoms with E-state index in [4.69, 9.17) is 0 Å². The zero-order chi connectivity index (χ0) is 41.0. The number of halogens is 2. The Hall–Kier alpha value is -6.19. The predicted molar refractivity (Wildman–Crippen MR) is 190 cm³/mol. The molecule has 0 saturated carbocycles. The second-order valence-corrected chi connectivity index (χ2v) is 15.0. The van der Waals surface area contributed by atoms with Crippen molar-refractivity contribution < 1.29 is 79.5 Å². The van der Waals surface area contributed by atoms with Gasteiger partial charge in [-0.3, -0.25) is 23.9 Å². The van der Waals surface area contributed by atoms with Gasteiger partial charge < -0.3 is 21.0 Å². The zero-order valence-electron chi connectivity index (χ0n) is 27.6. The molecule has 57 heavy (non-hydrogen) atoms. The second kappa shape index (κ2) is 17.3. The summed E-state index contributed by atoms with van der Waals surface area (Å²) < 4.78 is 126. The normalized spacial score (nSPS) is 14.4. The first-order valence-corrected chi connectivity index (χ1v) is 19.0. The molecule has 0 bridgehead atoms. The molecule has 1 heterocycles. The Morgan fingerprint density at radius 3 is 2.09 bits per heavy atom. The average Bonchev–Trinajstić information content (AvgIpc) is 3.10. The van der Waals surface area contributed by atoms with Crippen LogP contribution in [0.3, 0.4) is 0 Å². The minimum Gasteiger partial charge on any atom is -0.573 e. The van der Waals surface area contributed by atoms with Crippen molar-refractivity contribution in [1.82, 2.24) is 15.4 Å². The first-order valence-electron chi connectivity index (χ1n) is 14.7. The molecule has 5 rings (SSSR count). The van der Waals surface area contributed by atoms with E-state index in [9.17, 15) is 62.4 Å². The van der Waals surface area contributed by atoms with Crippen molar-refractivity contribution in [2.45, 2.75) is 4.90 Å². The third-order valence-electron chi connectivity index (χ3n) is 6.83. The van der Waals surface area contributed by atoms with Gasteiger partial charge in [0.15, 0.2) is 0 Å². The van der Waals surface area contributed by atoms with Gasteiger partial charge in [-0.15, -0.1) is 5.69 Å². The summed E-state index contributed by atoms with van der Waals surface area (Å²) in [5, 5.41) is 28.0. The number of aromatic nitrogens is 2. The van der Waals surface area contributed by atoms with Gasteiger partial charge in [-0.2, -0.15) is 59.3 Å². The fraction of sp³-hybridized carbons (Fsp3) is 0. The average molecular weight is 896 g/mol. The van der Waals surface area contributed by atoms with Crippen LogP contribution in [-0.4, -0.2) is 77.3 Å². The number of benzene rings is 3. The number of hydrogen-bond donors (Lipinski definition) is 6. The number of amidine groups is 1. The molecule has 6 N–H and O–H groups in total. The molecule has 0 aliphatic heterocycles. The SMILES string of the molecule is O=C1C(S(=O)(=O)O)=CC(S(=O)(=O)O)=C/C1=N/N/C(=N\[N-]c1cc(S(=O)(=O)O)ccc1C(=O)O)c1cccc(N=Nc2ccc(Nc3cc(F)nc(F)n3)cc2)c1.[Cu+]. The van der Waals surface area contributed by atoms with Crippen molar-refractivity contribution in [2.24, 2.45) is 20.4 Å². The quantitative estimate of drug-likeness (QED) is 0.0133. The van der Waals surface area contributed by atoms with Crippen LogP contribution in [-0.2, 0) is 52.2 Å². The van der Waals surface area contributed by atoms with E-state index in [-0.39, 0.29) is 45.9 Å². The summed E-state index contributed by atoms with van der Waals surface area (Å²) in [6.45, 7) is 0. The number of Topliss-reactive ketones (excluding diaryl/α,β-unsaturated/α-hetero) is 1. The molecule has 0 spiro atoms. The zero-order valence-corrected chi connectivity index (χ0v) is 30.9. The van der Waals surface area contributed by atoms with E-state index in [1.807, 2.05) is 0 Å². The molecular weight excluding hydrogens is 876 g/mol. The third-order valence-corrected chi connectivity index (χ3v) is 9.37. The number of carboxylic acids is 1. The first-order chi connectivity index (χ1) is 26.2. The number of hydrazone groups is 1. The molecule has 0 amide bonds. The summed E-state index contributed by atoms with van der Waals surface area (Å²) in [6, 6.07) is 14.5. The molecule has 1 aromatic heterocycles.